The monoisotopic (exact) mass is 474 g/mol. The predicted octanol–water partition coefficient (Wildman–Crippen LogP) is 4.68. The lowest BCUT2D eigenvalue weighted by molar-refractivity contribution is 0.0945. The van der Waals surface area contributed by atoms with Crippen molar-refractivity contribution in [3.05, 3.63) is 113 Å². The average molecular weight is 475 g/mol. The van der Waals surface area contributed by atoms with Crippen LogP contribution in [0.3, 0.4) is 0 Å². The predicted molar refractivity (Wildman–Crippen MR) is 124 cm³/mol. The van der Waals surface area contributed by atoms with E-state index < -0.39 is 10.8 Å². The van der Waals surface area contributed by atoms with Crippen molar-refractivity contribution in [2.45, 2.75) is 22.9 Å². The highest BCUT2D eigenvalue weighted by Crippen LogP contribution is 2.36. The quantitative estimate of drug-likeness (QED) is 0.456. The van der Waals surface area contributed by atoms with Crippen LogP contribution in [0.2, 0.25) is 0 Å². The van der Waals surface area contributed by atoms with Gasteiger partial charge in [0.1, 0.15) is 11.6 Å². The summed E-state index contributed by atoms with van der Waals surface area (Å²) in [5.74, 6) is -0.484. The molecule has 3 aromatic carbocycles. The molecule has 0 aliphatic carbocycles. The van der Waals surface area contributed by atoms with Crippen molar-refractivity contribution in [2.24, 2.45) is 0 Å². The SMILES string of the molecule is O=C(NCc1ccco1)c1ccc2c(c1)N(Cc1ccc(F)cc1)C(=O)c1ccccc1[S@@]2=O. The van der Waals surface area contributed by atoms with Gasteiger partial charge in [0.15, 0.2) is 0 Å². The molecule has 1 aliphatic rings. The lowest BCUT2D eigenvalue weighted by atomic mass is 10.1. The molecule has 5 rings (SSSR count). The number of amides is 2. The van der Waals surface area contributed by atoms with Gasteiger partial charge in [-0.05, 0) is 60.2 Å². The fourth-order valence-electron chi connectivity index (χ4n) is 3.82. The van der Waals surface area contributed by atoms with Gasteiger partial charge in [-0.25, -0.2) is 8.60 Å². The van der Waals surface area contributed by atoms with Gasteiger partial charge in [0.2, 0.25) is 0 Å². The summed E-state index contributed by atoms with van der Waals surface area (Å²) in [7, 11) is -1.63. The van der Waals surface area contributed by atoms with Crippen molar-refractivity contribution in [1.29, 1.82) is 0 Å². The van der Waals surface area contributed by atoms with Crippen LogP contribution in [0.4, 0.5) is 10.1 Å². The molecule has 8 heteroatoms. The Morgan fingerprint density at radius 3 is 2.53 bits per heavy atom. The van der Waals surface area contributed by atoms with Crippen LogP contribution < -0.4 is 10.2 Å². The number of nitrogens with zero attached hydrogens (tertiary/aromatic N) is 1. The Morgan fingerprint density at radius 2 is 1.76 bits per heavy atom. The van der Waals surface area contributed by atoms with Crippen LogP contribution in [-0.2, 0) is 23.9 Å². The van der Waals surface area contributed by atoms with Crippen LogP contribution in [-0.4, -0.2) is 16.0 Å². The number of rotatable bonds is 5. The second kappa shape index (κ2) is 9.07. The first-order valence-electron chi connectivity index (χ1n) is 10.5. The van der Waals surface area contributed by atoms with E-state index in [9.17, 15) is 18.2 Å². The fourth-order valence-corrected chi connectivity index (χ4v) is 5.16. The zero-order chi connectivity index (χ0) is 23.7. The topological polar surface area (TPSA) is 79.6 Å². The van der Waals surface area contributed by atoms with Gasteiger partial charge in [-0.2, -0.15) is 0 Å². The number of hydrogen-bond donors (Lipinski definition) is 1. The van der Waals surface area contributed by atoms with Gasteiger partial charge < -0.3 is 14.6 Å². The van der Waals surface area contributed by atoms with E-state index in [4.69, 9.17) is 4.42 Å². The van der Waals surface area contributed by atoms with Gasteiger partial charge in [0, 0.05) is 5.56 Å². The van der Waals surface area contributed by atoms with Crippen molar-refractivity contribution in [1.82, 2.24) is 5.32 Å². The van der Waals surface area contributed by atoms with Gasteiger partial charge in [-0.3, -0.25) is 9.59 Å². The molecule has 0 unspecified atom stereocenters. The molecule has 34 heavy (non-hydrogen) atoms. The normalized spacial score (nSPS) is 14.8. The molecule has 0 bridgehead atoms. The van der Waals surface area contributed by atoms with Crippen LogP contribution in [0.1, 0.15) is 32.0 Å². The molecule has 0 fully saturated rings. The molecule has 0 saturated heterocycles. The Morgan fingerprint density at radius 1 is 0.971 bits per heavy atom. The van der Waals surface area contributed by atoms with Crippen molar-refractivity contribution in [2.75, 3.05) is 4.90 Å². The molecular formula is C26H19FN2O4S. The number of anilines is 1. The molecule has 0 saturated carbocycles. The molecule has 1 N–H and O–H groups in total. The minimum Gasteiger partial charge on any atom is -0.467 e. The lowest BCUT2D eigenvalue weighted by Gasteiger charge is -2.23. The summed E-state index contributed by atoms with van der Waals surface area (Å²) in [6.07, 6.45) is 1.52. The van der Waals surface area contributed by atoms with E-state index in [-0.39, 0.29) is 30.7 Å². The molecule has 1 aliphatic heterocycles. The molecule has 4 aromatic rings. The van der Waals surface area contributed by atoms with Crippen molar-refractivity contribution >= 4 is 28.3 Å². The highest BCUT2D eigenvalue weighted by Gasteiger charge is 2.31. The highest BCUT2D eigenvalue weighted by atomic mass is 32.2. The molecule has 1 atom stereocenters. The smallest absolute Gasteiger partial charge is 0.259 e. The summed E-state index contributed by atoms with van der Waals surface area (Å²) in [5, 5.41) is 2.78. The van der Waals surface area contributed by atoms with Gasteiger partial charge in [-0.1, -0.05) is 24.3 Å². The Balaban J connectivity index is 1.56. The van der Waals surface area contributed by atoms with E-state index in [0.29, 0.717) is 37.9 Å². The van der Waals surface area contributed by atoms with E-state index >= 15 is 0 Å². The third-order valence-corrected chi connectivity index (χ3v) is 7.03. The molecule has 1 aromatic heterocycles. The third kappa shape index (κ3) is 4.15. The maximum atomic E-state index is 13.6. The Hall–Kier alpha value is -4.04. The van der Waals surface area contributed by atoms with Crippen LogP contribution >= 0.6 is 0 Å². The summed E-state index contributed by atoms with van der Waals surface area (Å²) >= 11 is 0. The first-order chi connectivity index (χ1) is 16.5. The standard InChI is InChI=1S/C26H19FN2O4S/c27-19-10-7-17(8-11-19)16-29-22-14-18(25(30)28-15-20-4-3-13-33-20)9-12-24(22)34(32)23-6-2-1-5-21(23)26(29)31/h1-14H,15-16H2,(H,28,30)/t34-/m0/s1. The van der Waals surface area contributed by atoms with Crippen molar-refractivity contribution in [3.8, 4) is 0 Å². The van der Waals surface area contributed by atoms with Gasteiger partial charge in [-0.15, -0.1) is 0 Å². The minimum absolute atomic E-state index is 0.120. The van der Waals surface area contributed by atoms with E-state index in [1.807, 2.05) is 0 Å². The summed E-state index contributed by atoms with van der Waals surface area (Å²) in [6.45, 7) is 0.327. The minimum atomic E-state index is -1.63. The lowest BCUT2D eigenvalue weighted by Crippen LogP contribution is -2.31. The number of halogens is 1. The first-order valence-corrected chi connectivity index (χ1v) is 11.7. The van der Waals surface area contributed by atoms with Crippen molar-refractivity contribution < 1.29 is 22.6 Å². The summed E-state index contributed by atoms with van der Waals surface area (Å²) in [5.41, 5.74) is 1.70. The zero-order valence-corrected chi connectivity index (χ0v) is 18.7. The molecule has 2 heterocycles. The van der Waals surface area contributed by atoms with Gasteiger partial charge in [0.25, 0.3) is 11.8 Å². The fraction of sp³-hybridized carbons (Fsp3) is 0.0769. The van der Waals surface area contributed by atoms with Crippen LogP contribution in [0, 0.1) is 5.82 Å². The number of nitrogens with one attached hydrogen (secondary N) is 1. The Kier molecular flexibility index (Phi) is 5.81. The summed E-state index contributed by atoms with van der Waals surface area (Å²) < 4.78 is 32.1. The van der Waals surface area contributed by atoms with Crippen LogP contribution in [0.25, 0.3) is 0 Å². The first kappa shape index (κ1) is 21.8. The maximum absolute atomic E-state index is 13.6. The molecule has 0 radical (unpaired) electrons. The van der Waals surface area contributed by atoms with Crippen molar-refractivity contribution in [3.63, 3.8) is 0 Å². The molecule has 6 nitrogen and oxygen atoms in total. The zero-order valence-electron chi connectivity index (χ0n) is 17.9. The average Bonchev–Trinajstić information content (AvgIpc) is 3.37. The third-order valence-electron chi connectivity index (χ3n) is 5.53. The van der Waals surface area contributed by atoms with Crippen LogP contribution in [0.5, 0.6) is 0 Å². The summed E-state index contributed by atoms with van der Waals surface area (Å²) in [4.78, 5) is 28.7. The number of carbonyl (C=O) groups is 2. The highest BCUT2D eigenvalue weighted by molar-refractivity contribution is 7.85. The van der Waals surface area contributed by atoms with E-state index in [1.165, 1.54) is 23.3 Å². The summed E-state index contributed by atoms with van der Waals surface area (Å²) in [6, 6.07) is 20.8. The number of hydrogen-bond acceptors (Lipinski definition) is 4. The van der Waals surface area contributed by atoms with E-state index in [2.05, 4.69) is 5.32 Å². The number of furan rings is 1. The number of benzene rings is 3. The second-order valence-corrected chi connectivity index (χ2v) is 9.14. The molecule has 170 valence electrons. The van der Waals surface area contributed by atoms with E-state index in [0.717, 1.165) is 0 Å². The number of fused-ring (bicyclic) bond motifs is 2. The molecule has 2 amide bonds. The number of carbonyl (C=O) groups excluding carboxylic acids is 2. The largest absolute Gasteiger partial charge is 0.467 e. The molecular weight excluding hydrogens is 455 g/mol. The maximum Gasteiger partial charge on any atom is 0.259 e. The Labute approximate surface area is 197 Å². The van der Waals surface area contributed by atoms with Crippen LogP contribution in [0.15, 0.2) is 99.3 Å². The van der Waals surface area contributed by atoms with E-state index in [1.54, 1.807) is 66.7 Å². The van der Waals surface area contributed by atoms with Gasteiger partial charge >= 0.3 is 0 Å². The molecule has 0 spiro atoms. The Bertz CT molecular complexity index is 1400. The second-order valence-electron chi connectivity index (χ2n) is 7.73. The van der Waals surface area contributed by atoms with Gasteiger partial charge in [0.05, 0.1) is 51.2 Å².